The molecule has 0 fully saturated rings. The van der Waals surface area contributed by atoms with E-state index in [0.29, 0.717) is 110 Å². The van der Waals surface area contributed by atoms with Crippen LogP contribution in [0.3, 0.4) is 0 Å². The van der Waals surface area contributed by atoms with Crippen LogP contribution in [0.25, 0.3) is 11.1 Å². The largest absolute Gasteiger partial charge is 0.485 e. The quantitative estimate of drug-likeness (QED) is 0.0387. The van der Waals surface area contributed by atoms with Crippen LogP contribution in [0.15, 0.2) is 72.8 Å². The Hall–Kier alpha value is -3.76. The lowest BCUT2D eigenvalue weighted by molar-refractivity contribution is -0.00751. The molecule has 5 rings (SSSR count). The van der Waals surface area contributed by atoms with Gasteiger partial charge in [0, 0.05) is 19.7 Å². The van der Waals surface area contributed by atoms with Gasteiger partial charge in [-0.15, -0.1) is 0 Å². The zero-order valence-corrected chi connectivity index (χ0v) is 39.2. The van der Waals surface area contributed by atoms with Crippen molar-refractivity contribution < 1.29 is 47.7 Å². The van der Waals surface area contributed by atoms with E-state index in [0.717, 1.165) is 23.5 Å². The SMILES string of the molecule is COCCOCCOCCOCCOc1ccc(C2(c3ccc(COCCOCCOCCOCCO)c(CN(C)C)c3)c3cc(C)ccc3-c3ccc(C)cc32)cc1[N+](C)(C)C. The summed E-state index contributed by atoms with van der Waals surface area (Å²) in [7, 11) is 12.5. The highest BCUT2D eigenvalue weighted by Crippen LogP contribution is 2.57. The molecule has 0 radical (unpaired) electrons. The summed E-state index contributed by atoms with van der Waals surface area (Å²) in [5, 5.41) is 8.82. The molecule has 0 spiro atoms. The number of hydrogen-bond donors (Lipinski definition) is 1. The van der Waals surface area contributed by atoms with Crippen LogP contribution >= 0.6 is 0 Å². The van der Waals surface area contributed by atoms with Crippen molar-refractivity contribution >= 4 is 5.69 Å². The molecule has 0 atom stereocenters. The Morgan fingerprint density at radius 2 is 1.00 bits per heavy atom. The first kappa shape index (κ1) is 50.2. The molecule has 0 amide bonds. The maximum absolute atomic E-state index is 8.82. The van der Waals surface area contributed by atoms with E-state index in [4.69, 9.17) is 47.7 Å². The summed E-state index contributed by atoms with van der Waals surface area (Å²) >= 11 is 0. The van der Waals surface area contributed by atoms with Crippen LogP contribution in [0.2, 0.25) is 0 Å². The summed E-state index contributed by atoms with van der Waals surface area (Å²) in [5.74, 6) is 0.836. The van der Waals surface area contributed by atoms with Crippen LogP contribution in [0, 0.1) is 13.8 Å². The second kappa shape index (κ2) is 25.7. The molecule has 0 heterocycles. The number of rotatable bonds is 31. The van der Waals surface area contributed by atoms with Gasteiger partial charge in [-0.2, -0.15) is 0 Å². The zero-order valence-electron chi connectivity index (χ0n) is 39.2. The lowest BCUT2D eigenvalue weighted by Crippen LogP contribution is -2.36. The Labute approximate surface area is 376 Å². The van der Waals surface area contributed by atoms with Gasteiger partial charge in [-0.05, 0) is 78.5 Å². The predicted molar refractivity (Wildman–Crippen MR) is 249 cm³/mol. The number of aliphatic hydroxyl groups is 1. The van der Waals surface area contributed by atoms with Gasteiger partial charge in [0.2, 0.25) is 0 Å². The molecule has 0 unspecified atom stereocenters. The van der Waals surface area contributed by atoms with E-state index in [-0.39, 0.29) is 6.61 Å². The summed E-state index contributed by atoms with van der Waals surface area (Å²) < 4.78 is 51.8. The minimum atomic E-state index is -0.607. The molecule has 1 N–H and O–H groups in total. The van der Waals surface area contributed by atoms with Crippen molar-refractivity contribution in [3.8, 4) is 16.9 Å². The fraction of sp³-hybridized carbons (Fsp3) is 0.529. The molecule has 0 aliphatic heterocycles. The molecule has 4 aromatic carbocycles. The van der Waals surface area contributed by atoms with E-state index >= 15 is 0 Å². The smallest absolute Gasteiger partial charge is 0.180 e. The van der Waals surface area contributed by atoms with E-state index in [2.05, 4.69) is 127 Å². The average molecular weight is 874 g/mol. The second-order valence-corrected chi connectivity index (χ2v) is 17.1. The van der Waals surface area contributed by atoms with Gasteiger partial charge in [0.05, 0.1) is 132 Å². The van der Waals surface area contributed by atoms with Gasteiger partial charge in [0.25, 0.3) is 0 Å². The van der Waals surface area contributed by atoms with Crippen molar-refractivity contribution in [1.29, 1.82) is 0 Å². The summed E-state index contributed by atoms with van der Waals surface area (Å²) in [4.78, 5) is 2.22. The lowest BCUT2D eigenvalue weighted by Gasteiger charge is -2.36. The standard InChI is InChI=1S/C51H73N2O10/c1-39-9-14-45-46-15-10-40(2)34-48(46)51(47(45)33-39,43-12-11-41(42(35-43)37-52(3)4)38-62-30-29-60-26-25-58-22-21-56-18-17-54)44-13-16-50(49(36-44)53(5,6)7)63-32-31-61-28-27-59-24-23-57-20-19-55-8/h9-16,33-36,54H,17-32,37-38H2,1-8H3/q+1. The molecule has 346 valence electrons. The van der Waals surface area contributed by atoms with Gasteiger partial charge >= 0.3 is 0 Å². The molecule has 0 saturated carbocycles. The number of ether oxygens (including phenoxy) is 9. The van der Waals surface area contributed by atoms with Crippen molar-refractivity contribution in [2.24, 2.45) is 0 Å². The zero-order chi connectivity index (χ0) is 45.1. The number of methoxy groups -OCH3 is 1. The molecule has 1 aliphatic carbocycles. The Bertz CT molecular complexity index is 1930. The molecule has 0 saturated heterocycles. The Balaban J connectivity index is 1.40. The van der Waals surface area contributed by atoms with E-state index in [1.54, 1.807) is 7.11 Å². The van der Waals surface area contributed by atoms with Crippen molar-refractivity contribution in [3.63, 3.8) is 0 Å². The fourth-order valence-corrected chi connectivity index (χ4v) is 8.03. The maximum atomic E-state index is 8.82. The number of benzene rings is 4. The van der Waals surface area contributed by atoms with E-state index in [1.165, 1.54) is 50.1 Å². The molecule has 12 heteroatoms. The summed E-state index contributed by atoms with van der Waals surface area (Å²) in [6.45, 7) is 12.8. The molecule has 12 nitrogen and oxygen atoms in total. The highest BCUT2D eigenvalue weighted by atomic mass is 16.6. The normalized spacial score (nSPS) is 13.2. The molecule has 63 heavy (non-hydrogen) atoms. The van der Waals surface area contributed by atoms with Crippen molar-refractivity contribution in [2.75, 3.05) is 148 Å². The summed E-state index contributed by atoms with van der Waals surface area (Å²) in [6, 6.07) is 27.6. The minimum absolute atomic E-state index is 0.0141. The first-order valence-corrected chi connectivity index (χ1v) is 22.2. The van der Waals surface area contributed by atoms with Gasteiger partial charge in [-0.1, -0.05) is 71.8 Å². The van der Waals surface area contributed by atoms with E-state index in [1.807, 2.05) is 0 Å². The Morgan fingerprint density at radius 3 is 1.51 bits per heavy atom. The fourth-order valence-electron chi connectivity index (χ4n) is 8.03. The monoisotopic (exact) mass is 874 g/mol. The van der Waals surface area contributed by atoms with Gasteiger partial charge < -0.3 is 52.6 Å². The number of quaternary nitrogens is 1. The number of fused-ring (bicyclic) bond motifs is 3. The van der Waals surface area contributed by atoms with Crippen LogP contribution in [-0.2, 0) is 56.5 Å². The number of aliphatic hydroxyl groups excluding tert-OH is 1. The van der Waals surface area contributed by atoms with Crippen molar-refractivity contribution in [2.45, 2.75) is 32.4 Å². The highest BCUT2D eigenvalue weighted by molar-refractivity contribution is 5.87. The molecule has 0 aromatic heterocycles. The maximum Gasteiger partial charge on any atom is 0.180 e. The van der Waals surface area contributed by atoms with Crippen LogP contribution in [0.1, 0.15) is 44.5 Å². The van der Waals surface area contributed by atoms with Crippen molar-refractivity contribution in [3.05, 3.63) is 117 Å². The first-order valence-electron chi connectivity index (χ1n) is 22.2. The molecular weight excluding hydrogens is 801 g/mol. The van der Waals surface area contributed by atoms with Crippen LogP contribution < -0.4 is 9.22 Å². The molecular formula is C51H73N2O10+. The number of nitrogens with zero attached hydrogens (tertiary/aromatic N) is 2. The Kier molecular flexibility index (Phi) is 20.5. The van der Waals surface area contributed by atoms with Crippen LogP contribution in [-0.4, -0.2) is 158 Å². The number of hydrogen-bond acceptors (Lipinski definition) is 11. The van der Waals surface area contributed by atoms with E-state index < -0.39 is 5.41 Å². The summed E-state index contributed by atoms with van der Waals surface area (Å²) in [5.41, 5.74) is 12.7. The molecule has 0 bridgehead atoms. The van der Waals surface area contributed by atoms with Crippen LogP contribution in [0.5, 0.6) is 5.75 Å². The predicted octanol–water partition coefficient (Wildman–Crippen LogP) is 6.56. The first-order chi connectivity index (χ1) is 30.5. The third-order valence-electron chi connectivity index (χ3n) is 11.0. The Morgan fingerprint density at radius 1 is 0.524 bits per heavy atom. The minimum Gasteiger partial charge on any atom is -0.485 e. The van der Waals surface area contributed by atoms with Gasteiger partial charge in [-0.25, -0.2) is 0 Å². The third-order valence-corrected chi connectivity index (χ3v) is 11.0. The third kappa shape index (κ3) is 14.1. The molecule has 4 aromatic rings. The second-order valence-electron chi connectivity index (χ2n) is 17.1. The lowest BCUT2D eigenvalue weighted by atomic mass is 9.66. The highest BCUT2D eigenvalue weighted by Gasteiger charge is 2.47. The average Bonchev–Trinajstić information content (AvgIpc) is 3.53. The summed E-state index contributed by atoms with van der Waals surface area (Å²) in [6.07, 6.45) is 0. The van der Waals surface area contributed by atoms with Gasteiger partial charge in [0.1, 0.15) is 6.61 Å². The molecule has 1 aliphatic rings. The van der Waals surface area contributed by atoms with Crippen LogP contribution in [0.4, 0.5) is 5.69 Å². The topological polar surface area (TPSA) is 107 Å². The van der Waals surface area contributed by atoms with Gasteiger partial charge in [-0.3, -0.25) is 4.48 Å². The number of aryl methyl sites for hydroxylation is 2. The van der Waals surface area contributed by atoms with Gasteiger partial charge in [0.15, 0.2) is 11.4 Å². The van der Waals surface area contributed by atoms with E-state index in [9.17, 15) is 0 Å². The van der Waals surface area contributed by atoms with Crippen molar-refractivity contribution in [1.82, 2.24) is 9.38 Å².